The van der Waals surface area contributed by atoms with E-state index in [1.54, 1.807) is 72.4 Å². The number of sulfonamides is 2. The zero-order chi connectivity index (χ0) is 54.1. The van der Waals surface area contributed by atoms with Crippen LogP contribution in [-0.2, 0) is 33.1 Å². The Morgan fingerprint density at radius 2 is 1.22 bits per heavy atom. The maximum Gasteiger partial charge on any atom is 0.261 e. The summed E-state index contributed by atoms with van der Waals surface area (Å²) in [4.78, 5) is 36.6. The number of carbonyl (C=O) groups excluding carboxylic acids is 2. The van der Waals surface area contributed by atoms with Gasteiger partial charge in [-0.25, -0.2) is 16.8 Å². The number of hydrogen-bond donors (Lipinski definition) is 2. The smallest absolute Gasteiger partial charge is 0.261 e. The van der Waals surface area contributed by atoms with Crippen LogP contribution in [0.4, 0.5) is 22.7 Å². The average Bonchev–Trinajstić information content (AvgIpc) is 4.00. The molecule has 0 atom stereocenters. The fraction of sp³-hybridized carbons (Fsp3) is 0.298. The predicted molar refractivity (Wildman–Crippen MR) is 295 cm³/mol. The van der Waals surface area contributed by atoms with E-state index in [1.807, 2.05) is 61.5 Å². The molecule has 2 N–H and O–H groups in total. The second-order valence-electron chi connectivity index (χ2n) is 18.7. The topological polar surface area (TPSA) is 206 Å². The van der Waals surface area contributed by atoms with Gasteiger partial charge >= 0.3 is 0 Å². The van der Waals surface area contributed by atoms with Gasteiger partial charge in [-0.3, -0.25) is 19.0 Å². The van der Waals surface area contributed by atoms with E-state index in [9.17, 15) is 26.4 Å². The fourth-order valence-corrected chi connectivity index (χ4v) is 11.6. The summed E-state index contributed by atoms with van der Waals surface area (Å²) in [7, 11) is -6.63. The van der Waals surface area contributed by atoms with Gasteiger partial charge in [-0.2, -0.15) is 0 Å². The Morgan fingerprint density at radius 1 is 0.636 bits per heavy atom. The maximum absolute atomic E-state index is 14.8. The Morgan fingerprint density at radius 3 is 1.82 bits per heavy atom. The third-order valence-corrected chi connectivity index (χ3v) is 16.4. The predicted octanol–water partition coefficient (Wildman–Crippen LogP) is 8.90. The minimum Gasteiger partial charge on any atom is -0.495 e. The average molecular weight is 1080 g/mol. The van der Waals surface area contributed by atoms with E-state index in [0.717, 1.165) is 42.0 Å². The van der Waals surface area contributed by atoms with Gasteiger partial charge in [0.1, 0.15) is 17.2 Å². The Balaban J connectivity index is 0.906. The molecule has 20 heteroatoms. The summed E-state index contributed by atoms with van der Waals surface area (Å²) in [6, 6.07) is 36.4. The van der Waals surface area contributed by atoms with Crippen molar-refractivity contribution in [2.45, 2.75) is 56.4 Å². The second-order valence-corrected chi connectivity index (χ2v) is 22.1. The molecule has 1 aromatic heterocycles. The largest absolute Gasteiger partial charge is 0.495 e. The van der Waals surface area contributed by atoms with Crippen molar-refractivity contribution in [2.24, 2.45) is 0 Å². The highest BCUT2D eigenvalue weighted by atomic mass is 32.2. The van der Waals surface area contributed by atoms with Crippen molar-refractivity contribution in [1.29, 1.82) is 0 Å². The third-order valence-electron chi connectivity index (χ3n) is 13.7. The van der Waals surface area contributed by atoms with Crippen molar-refractivity contribution in [1.82, 2.24) is 20.0 Å². The number of para-hydroxylation sites is 2. The number of benzene rings is 6. The van der Waals surface area contributed by atoms with Crippen LogP contribution in [0.15, 0.2) is 148 Å². The van der Waals surface area contributed by atoms with Crippen molar-refractivity contribution in [2.75, 3.05) is 85.3 Å². The lowest BCUT2D eigenvalue weighted by molar-refractivity contribution is 0.0738. The molecule has 3 heterocycles. The summed E-state index contributed by atoms with van der Waals surface area (Å²) in [6.45, 7) is 9.88. The first-order valence-corrected chi connectivity index (χ1v) is 28.6. The monoisotopic (exact) mass is 1080 g/mol. The standard InChI is InChI=1S/C57H62N8O10S2/c1-5-7-10-41-14-17-43(18-15-41)60-77(70,71)47-24-25-48(50(37-47)57(67)65-33-27-62(28-34-65)51-11-8-9-12-53(51)73-6-2)42-16-26-52(54(35-42)72-4)63-29-31-64(32-30-63)56(66)49-36-46(23-13-40(49)3)76(68,69)61-44-19-21-45(22-20-44)74-38-55-59-58-39-75-55/h8-9,11-26,35-37,39,60-61H,5-7,10,27-34,38H2,1-4H3. The number of aryl methyl sites for hydroxylation is 2. The van der Waals surface area contributed by atoms with Gasteiger partial charge in [-0.1, -0.05) is 55.8 Å². The molecule has 77 heavy (non-hydrogen) atoms. The number of ether oxygens (including phenoxy) is 3. The summed E-state index contributed by atoms with van der Waals surface area (Å²) in [5.41, 5.74) is 5.89. The van der Waals surface area contributed by atoms with E-state index in [1.165, 1.54) is 30.7 Å². The van der Waals surface area contributed by atoms with Crippen LogP contribution in [0.5, 0.6) is 17.2 Å². The molecule has 2 aliphatic rings. The van der Waals surface area contributed by atoms with Gasteiger partial charge in [0.2, 0.25) is 6.39 Å². The van der Waals surface area contributed by atoms with Gasteiger partial charge in [-0.05, 0) is 134 Å². The van der Waals surface area contributed by atoms with E-state index in [0.29, 0.717) is 104 Å². The van der Waals surface area contributed by atoms with Crippen LogP contribution < -0.4 is 33.5 Å². The zero-order valence-corrected chi connectivity index (χ0v) is 45.1. The van der Waals surface area contributed by atoms with Gasteiger partial charge < -0.3 is 38.2 Å². The number of methoxy groups -OCH3 is 1. The van der Waals surface area contributed by atoms with E-state index >= 15 is 0 Å². The summed E-state index contributed by atoms with van der Waals surface area (Å²) in [5.74, 6) is 1.47. The molecule has 6 aromatic carbocycles. The van der Waals surface area contributed by atoms with Gasteiger partial charge in [0, 0.05) is 74.9 Å². The van der Waals surface area contributed by atoms with Crippen LogP contribution >= 0.6 is 0 Å². The van der Waals surface area contributed by atoms with Crippen molar-refractivity contribution in [3.63, 3.8) is 0 Å². The van der Waals surface area contributed by atoms with Crippen LogP contribution in [0.25, 0.3) is 11.1 Å². The maximum atomic E-state index is 14.8. The van der Waals surface area contributed by atoms with E-state index in [2.05, 4.69) is 36.4 Å². The number of nitrogens with zero attached hydrogens (tertiary/aromatic N) is 6. The lowest BCUT2D eigenvalue weighted by Gasteiger charge is -2.37. The number of aromatic nitrogens is 2. The number of carbonyl (C=O) groups is 2. The van der Waals surface area contributed by atoms with Gasteiger partial charge in [0.05, 0.1) is 34.9 Å². The van der Waals surface area contributed by atoms with Crippen LogP contribution in [-0.4, -0.2) is 115 Å². The Hall–Kier alpha value is -8.10. The number of rotatable bonds is 20. The van der Waals surface area contributed by atoms with Crippen LogP contribution in [0, 0.1) is 6.92 Å². The highest BCUT2D eigenvalue weighted by Crippen LogP contribution is 2.37. The molecule has 0 spiro atoms. The molecular formula is C57H62N8O10S2. The Labute approximate surface area is 449 Å². The summed E-state index contributed by atoms with van der Waals surface area (Å²) in [6.07, 6.45) is 4.20. The van der Waals surface area contributed by atoms with Gasteiger partial charge in [-0.15, -0.1) is 10.2 Å². The normalized spacial score (nSPS) is 14.0. The van der Waals surface area contributed by atoms with Crippen molar-refractivity contribution in [3.8, 4) is 28.4 Å². The number of hydrogen-bond acceptors (Lipinski definition) is 14. The van der Waals surface area contributed by atoms with E-state index < -0.39 is 20.0 Å². The number of anilines is 4. The minimum absolute atomic E-state index is 0.0490. The second kappa shape index (κ2) is 23.8. The summed E-state index contributed by atoms with van der Waals surface area (Å²) >= 11 is 0. The zero-order valence-electron chi connectivity index (χ0n) is 43.5. The molecule has 18 nitrogen and oxygen atoms in total. The molecule has 2 aliphatic heterocycles. The molecule has 402 valence electrons. The van der Waals surface area contributed by atoms with Crippen LogP contribution in [0.1, 0.15) is 64.4 Å². The van der Waals surface area contributed by atoms with Gasteiger partial charge in [0.15, 0.2) is 6.61 Å². The fourth-order valence-electron chi connectivity index (χ4n) is 9.43. The molecule has 0 aliphatic carbocycles. The number of amides is 2. The van der Waals surface area contributed by atoms with Crippen molar-refractivity contribution >= 4 is 54.6 Å². The van der Waals surface area contributed by atoms with E-state index in [-0.39, 0.29) is 39.3 Å². The number of unbranched alkanes of at least 4 members (excludes halogenated alkanes) is 1. The van der Waals surface area contributed by atoms with Crippen molar-refractivity contribution in [3.05, 3.63) is 162 Å². The third kappa shape index (κ3) is 12.6. The Bertz CT molecular complexity index is 3420. The molecule has 2 amide bonds. The molecule has 2 saturated heterocycles. The number of nitrogens with one attached hydrogen (secondary N) is 2. The highest BCUT2D eigenvalue weighted by Gasteiger charge is 2.30. The quantitative estimate of drug-likeness (QED) is 0.0732. The molecule has 0 saturated carbocycles. The molecule has 2 fully saturated rings. The van der Waals surface area contributed by atoms with Crippen LogP contribution in [0.3, 0.4) is 0 Å². The molecular weight excluding hydrogens is 1020 g/mol. The molecule has 9 rings (SSSR count). The Kier molecular flexibility index (Phi) is 16.6. The first-order chi connectivity index (χ1) is 37.2. The molecule has 7 aromatic rings. The number of piperazine rings is 2. The molecule has 0 radical (unpaired) electrons. The first kappa shape index (κ1) is 53.7. The van der Waals surface area contributed by atoms with Gasteiger partial charge in [0.25, 0.3) is 37.8 Å². The summed E-state index contributed by atoms with van der Waals surface area (Å²) < 4.78 is 83.2. The van der Waals surface area contributed by atoms with E-state index in [4.69, 9.17) is 18.6 Å². The lowest BCUT2D eigenvalue weighted by atomic mass is 9.97. The molecule has 0 bridgehead atoms. The lowest BCUT2D eigenvalue weighted by Crippen LogP contribution is -2.49. The van der Waals surface area contributed by atoms with Crippen molar-refractivity contribution < 1.29 is 45.1 Å². The summed E-state index contributed by atoms with van der Waals surface area (Å²) in [5, 5.41) is 7.39. The first-order valence-electron chi connectivity index (χ1n) is 25.6. The SMILES string of the molecule is CCCCc1ccc(NS(=O)(=O)c2ccc(-c3ccc(N4CCN(C(=O)c5cc(S(=O)(=O)Nc6ccc(OCc7nnco7)cc6)ccc5C)CC4)c(OC)c3)c(C(=O)N3CCN(c4ccccc4OCC)CC3)c2)cc1. The highest BCUT2D eigenvalue weighted by molar-refractivity contribution is 7.93. The minimum atomic E-state index is -4.12. The molecule has 0 unspecified atom stereocenters. The van der Waals surface area contributed by atoms with Crippen LogP contribution in [0.2, 0.25) is 0 Å².